The largest absolute Gasteiger partial charge is 0.480 e. The monoisotopic (exact) mass is 213 g/mol. The van der Waals surface area contributed by atoms with Crippen LogP contribution in [0.25, 0.3) is 0 Å². The quantitative estimate of drug-likeness (QED) is 0.662. The number of hydrogen-bond donors (Lipinski definition) is 2. The number of nitrogens with one attached hydrogen (secondary N) is 1. The molecular formula is C9H11NO5. The van der Waals surface area contributed by atoms with Crippen molar-refractivity contribution in [3.63, 3.8) is 0 Å². The molecule has 0 aromatic heterocycles. The second-order valence-electron chi connectivity index (χ2n) is 2.47. The summed E-state index contributed by atoms with van der Waals surface area (Å²) >= 11 is 0. The van der Waals surface area contributed by atoms with Crippen molar-refractivity contribution in [2.75, 3.05) is 6.54 Å². The molecule has 0 saturated heterocycles. The molecule has 0 heterocycles. The molecule has 0 bridgehead atoms. The van der Waals surface area contributed by atoms with Gasteiger partial charge in [-0.15, -0.1) is 5.48 Å². The molecule has 82 valence electrons. The van der Waals surface area contributed by atoms with Crippen LogP contribution in [0.4, 0.5) is 0 Å². The van der Waals surface area contributed by atoms with Gasteiger partial charge in [-0.1, -0.05) is 18.2 Å². The van der Waals surface area contributed by atoms with Crippen molar-refractivity contribution in [3.05, 3.63) is 35.9 Å². The fraction of sp³-hybridized carbons (Fsp3) is 0.111. The van der Waals surface area contributed by atoms with Gasteiger partial charge in [0.25, 0.3) is 0 Å². The number of benzene rings is 1. The summed E-state index contributed by atoms with van der Waals surface area (Å²) < 4.78 is 0. The molecule has 1 rings (SSSR count). The zero-order valence-corrected chi connectivity index (χ0v) is 7.77. The number of rotatable bonds is 4. The van der Waals surface area contributed by atoms with Crippen LogP contribution in [-0.2, 0) is 9.63 Å². The number of carboxylic acid groups (broad SMARTS) is 1. The number of hydroxylamine groups is 1. The Hall–Kier alpha value is -1.92. The molecule has 0 aliphatic heterocycles. The first-order chi connectivity index (χ1) is 6.70. The van der Waals surface area contributed by atoms with Crippen molar-refractivity contribution in [3.8, 4) is 0 Å². The maximum absolute atomic E-state index is 11.1. The normalized spacial score (nSPS) is 8.80. The van der Waals surface area contributed by atoms with Crippen LogP contribution in [0, 0.1) is 0 Å². The minimum Gasteiger partial charge on any atom is -0.480 e. The van der Waals surface area contributed by atoms with Gasteiger partial charge >= 0.3 is 11.9 Å². The lowest BCUT2D eigenvalue weighted by Gasteiger charge is -2.02. The van der Waals surface area contributed by atoms with E-state index in [-0.39, 0.29) is 5.48 Å². The van der Waals surface area contributed by atoms with Crippen molar-refractivity contribution < 1.29 is 25.0 Å². The maximum Gasteiger partial charge on any atom is 0.356 e. The average molecular weight is 213 g/mol. The highest BCUT2D eigenvalue weighted by Gasteiger charge is 2.06. The topological polar surface area (TPSA) is 107 Å². The minimum absolute atomic E-state index is 0. The first-order valence-corrected chi connectivity index (χ1v) is 3.91. The molecule has 15 heavy (non-hydrogen) atoms. The number of carbonyl (C=O) groups is 2. The zero-order valence-electron chi connectivity index (χ0n) is 7.77. The third-order valence-electron chi connectivity index (χ3n) is 1.40. The predicted octanol–water partition coefficient (Wildman–Crippen LogP) is -0.392. The van der Waals surface area contributed by atoms with Crippen molar-refractivity contribution in [1.29, 1.82) is 0 Å². The van der Waals surface area contributed by atoms with Gasteiger partial charge in [0.15, 0.2) is 0 Å². The van der Waals surface area contributed by atoms with E-state index in [2.05, 4.69) is 4.84 Å². The lowest BCUT2D eigenvalue weighted by Crippen LogP contribution is -2.26. The molecule has 1 aromatic rings. The number of carbonyl (C=O) groups excluding carboxylic acids is 1. The molecule has 4 N–H and O–H groups in total. The Bertz CT molecular complexity index is 325. The first-order valence-electron chi connectivity index (χ1n) is 3.91. The third kappa shape index (κ3) is 4.75. The van der Waals surface area contributed by atoms with Crippen molar-refractivity contribution in [2.45, 2.75) is 0 Å². The van der Waals surface area contributed by atoms with Gasteiger partial charge in [0.2, 0.25) is 0 Å². The summed E-state index contributed by atoms with van der Waals surface area (Å²) in [6, 6.07) is 8.29. The molecule has 6 heteroatoms. The highest BCUT2D eigenvalue weighted by Crippen LogP contribution is 1.99. The van der Waals surface area contributed by atoms with Crippen LogP contribution >= 0.6 is 0 Å². The maximum atomic E-state index is 11.1. The van der Waals surface area contributed by atoms with Gasteiger partial charge in [-0.3, -0.25) is 4.79 Å². The third-order valence-corrected chi connectivity index (χ3v) is 1.40. The Balaban J connectivity index is 0.00000196. The molecule has 0 fully saturated rings. The van der Waals surface area contributed by atoms with E-state index in [0.29, 0.717) is 5.56 Å². The Morgan fingerprint density at radius 2 is 1.87 bits per heavy atom. The van der Waals surface area contributed by atoms with E-state index in [4.69, 9.17) is 5.11 Å². The van der Waals surface area contributed by atoms with E-state index in [0.717, 1.165) is 0 Å². The van der Waals surface area contributed by atoms with Crippen LogP contribution < -0.4 is 5.48 Å². The van der Waals surface area contributed by atoms with E-state index in [1.54, 1.807) is 30.3 Å². The molecule has 0 radical (unpaired) electrons. The summed E-state index contributed by atoms with van der Waals surface area (Å²) in [6.45, 7) is -0.418. The van der Waals surface area contributed by atoms with E-state index in [1.807, 2.05) is 5.48 Å². The smallest absolute Gasteiger partial charge is 0.356 e. The fourth-order valence-corrected chi connectivity index (χ4v) is 0.797. The Kier molecular flexibility index (Phi) is 5.69. The van der Waals surface area contributed by atoms with Crippen molar-refractivity contribution in [1.82, 2.24) is 5.48 Å². The highest BCUT2D eigenvalue weighted by atomic mass is 16.7. The van der Waals surface area contributed by atoms with E-state index in [9.17, 15) is 9.59 Å². The number of hydrogen-bond acceptors (Lipinski definition) is 4. The standard InChI is InChI=1S/C9H9NO4.H2O/c11-8(12)6-10-14-9(13)7-4-2-1-3-5-7;/h1-5,10H,6H2,(H,11,12);1H2. The fourth-order valence-electron chi connectivity index (χ4n) is 0.797. The van der Waals surface area contributed by atoms with Gasteiger partial charge in [-0.2, -0.15) is 0 Å². The zero-order chi connectivity index (χ0) is 10.4. The summed E-state index contributed by atoms with van der Waals surface area (Å²) in [5.41, 5.74) is 2.40. The van der Waals surface area contributed by atoms with Crippen LogP contribution in [0.5, 0.6) is 0 Å². The van der Waals surface area contributed by atoms with Gasteiger partial charge in [0.1, 0.15) is 6.54 Å². The van der Waals surface area contributed by atoms with Gasteiger partial charge < -0.3 is 15.4 Å². The highest BCUT2D eigenvalue weighted by molar-refractivity contribution is 5.89. The van der Waals surface area contributed by atoms with Crippen molar-refractivity contribution in [2.24, 2.45) is 0 Å². The van der Waals surface area contributed by atoms with Crippen LogP contribution in [0.1, 0.15) is 10.4 Å². The predicted molar refractivity (Wildman–Crippen MR) is 51.1 cm³/mol. The van der Waals surface area contributed by atoms with Gasteiger partial charge in [-0.05, 0) is 12.1 Å². The Morgan fingerprint density at radius 1 is 1.27 bits per heavy atom. The lowest BCUT2D eigenvalue weighted by molar-refractivity contribution is -0.137. The molecule has 0 spiro atoms. The Morgan fingerprint density at radius 3 is 2.40 bits per heavy atom. The summed E-state index contributed by atoms with van der Waals surface area (Å²) in [6.07, 6.45) is 0. The van der Waals surface area contributed by atoms with Crippen LogP contribution in [0.3, 0.4) is 0 Å². The average Bonchev–Trinajstić information content (AvgIpc) is 2.18. The second-order valence-corrected chi connectivity index (χ2v) is 2.47. The van der Waals surface area contributed by atoms with Crippen LogP contribution in [0.15, 0.2) is 30.3 Å². The summed E-state index contributed by atoms with van der Waals surface area (Å²) in [4.78, 5) is 25.7. The molecule has 0 amide bonds. The molecule has 0 atom stereocenters. The van der Waals surface area contributed by atoms with E-state index in [1.165, 1.54) is 0 Å². The first kappa shape index (κ1) is 13.1. The summed E-state index contributed by atoms with van der Waals surface area (Å²) in [5, 5.41) is 8.24. The van der Waals surface area contributed by atoms with Crippen LogP contribution in [-0.4, -0.2) is 29.1 Å². The summed E-state index contributed by atoms with van der Waals surface area (Å²) in [7, 11) is 0. The minimum atomic E-state index is -1.09. The molecule has 0 aliphatic rings. The molecule has 0 saturated carbocycles. The van der Waals surface area contributed by atoms with E-state index >= 15 is 0 Å². The number of carboxylic acids is 1. The van der Waals surface area contributed by atoms with Gasteiger partial charge in [-0.25, -0.2) is 4.79 Å². The lowest BCUT2D eigenvalue weighted by atomic mass is 10.2. The molecule has 0 unspecified atom stereocenters. The van der Waals surface area contributed by atoms with Crippen LogP contribution in [0.2, 0.25) is 0 Å². The van der Waals surface area contributed by atoms with E-state index < -0.39 is 18.5 Å². The molecular weight excluding hydrogens is 202 g/mol. The molecule has 1 aromatic carbocycles. The summed E-state index contributed by atoms with van der Waals surface area (Å²) in [5.74, 6) is -1.70. The van der Waals surface area contributed by atoms with Gasteiger partial charge in [0.05, 0.1) is 5.56 Å². The molecule has 6 nitrogen and oxygen atoms in total. The Labute approximate surface area is 85.7 Å². The van der Waals surface area contributed by atoms with Gasteiger partial charge in [0, 0.05) is 0 Å². The SMILES string of the molecule is O.O=C(O)CNOC(=O)c1ccccc1. The number of aliphatic carboxylic acids is 1. The second kappa shape index (κ2) is 6.52. The van der Waals surface area contributed by atoms with Crippen molar-refractivity contribution >= 4 is 11.9 Å². The molecule has 0 aliphatic carbocycles.